The summed E-state index contributed by atoms with van der Waals surface area (Å²) in [7, 11) is 0. The summed E-state index contributed by atoms with van der Waals surface area (Å²) in [6.07, 6.45) is 1.95. The number of halogens is 1. The lowest BCUT2D eigenvalue weighted by molar-refractivity contribution is 0.112. The molecular formula is C26H27ClN2O2. The average molecular weight is 435 g/mol. The second-order valence-electron chi connectivity index (χ2n) is 8.38. The fraction of sp³-hybridized carbons (Fsp3) is 0.308. The highest BCUT2D eigenvalue weighted by Gasteiger charge is 2.26. The van der Waals surface area contributed by atoms with Gasteiger partial charge >= 0.3 is 0 Å². The topological polar surface area (TPSA) is 42.4 Å². The summed E-state index contributed by atoms with van der Waals surface area (Å²) in [5, 5.41) is 0.520. The Morgan fingerprint density at radius 2 is 2.00 bits per heavy atom. The minimum Gasteiger partial charge on any atom is -0.457 e. The van der Waals surface area contributed by atoms with Crippen LogP contribution in [-0.2, 0) is 6.54 Å². The van der Waals surface area contributed by atoms with E-state index >= 15 is 0 Å². The molecule has 0 aliphatic carbocycles. The number of ether oxygens (including phenoxy) is 1. The molecule has 1 aliphatic heterocycles. The predicted molar refractivity (Wildman–Crippen MR) is 124 cm³/mol. The van der Waals surface area contributed by atoms with Gasteiger partial charge in [-0.15, -0.1) is 0 Å². The number of rotatable bonds is 7. The lowest BCUT2D eigenvalue weighted by atomic mass is 9.94. The standard InChI is InChI=1S/C26H27ClN2O2/c1-18(2)23-7-3-4-8-25(23)31-22-10-11-24(20(14-22)17-30)19-12-13-29(15-19)16-21-6-5-9-26(27)28-21/h3-11,14,17-19H,12-13,15-16H2,1-2H3. The molecule has 4 nitrogen and oxygen atoms in total. The highest BCUT2D eigenvalue weighted by Crippen LogP contribution is 2.34. The largest absolute Gasteiger partial charge is 0.457 e. The first-order valence-electron chi connectivity index (χ1n) is 10.7. The van der Waals surface area contributed by atoms with Crippen molar-refractivity contribution < 1.29 is 9.53 Å². The zero-order valence-corrected chi connectivity index (χ0v) is 18.7. The van der Waals surface area contributed by atoms with Crippen LogP contribution in [0.4, 0.5) is 0 Å². The smallest absolute Gasteiger partial charge is 0.150 e. The zero-order chi connectivity index (χ0) is 21.8. The van der Waals surface area contributed by atoms with E-state index in [0.29, 0.717) is 28.3 Å². The molecule has 0 bridgehead atoms. The van der Waals surface area contributed by atoms with Gasteiger partial charge in [0.1, 0.15) is 22.9 Å². The SMILES string of the molecule is CC(C)c1ccccc1Oc1ccc(C2CCN(Cc3cccc(Cl)n3)C2)c(C=O)c1. The number of likely N-dealkylation sites (tertiary alicyclic amines) is 1. The molecule has 1 aromatic heterocycles. The van der Waals surface area contributed by atoms with Gasteiger partial charge in [-0.25, -0.2) is 4.98 Å². The van der Waals surface area contributed by atoms with Gasteiger partial charge in [-0.05, 0) is 66.3 Å². The van der Waals surface area contributed by atoms with E-state index in [-0.39, 0.29) is 0 Å². The number of pyridine rings is 1. The van der Waals surface area contributed by atoms with Crippen LogP contribution in [0, 0.1) is 0 Å². The van der Waals surface area contributed by atoms with Crippen molar-refractivity contribution in [3.63, 3.8) is 0 Å². The Bertz CT molecular complexity index is 1070. The normalized spacial score (nSPS) is 16.6. The lowest BCUT2D eigenvalue weighted by Crippen LogP contribution is -2.20. The van der Waals surface area contributed by atoms with Crippen molar-refractivity contribution in [1.29, 1.82) is 0 Å². The second-order valence-corrected chi connectivity index (χ2v) is 8.76. The minimum absolute atomic E-state index is 0.316. The number of carbonyl (C=O) groups is 1. The highest BCUT2D eigenvalue weighted by atomic mass is 35.5. The van der Waals surface area contributed by atoms with E-state index in [4.69, 9.17) is 16.3 Å². The van der Waals surface area contributed by atoms with E-state index in [0.717, 1.165) is 54.9 Å². The molecule has 4 rings (SSSR count). The molecule has 0 saturated carbocycles. The maximum atomic E-state index is 11.9. The van der Waals surface area contributed by atoms with Crippen molar-refractivity contribution in [1.82, 2.24) is 9.88 Å². The average Bonchev–Trinajstić information content (AvgIpc) is 3.22. The third-order valence-corrected chi connectivity index (χ3v) is 6.04. The van der Waals surface area contributed by atoms with Gasteiger partial charge in [-0.3, -0.25) is 9.69 Å². The van der Waals surface area contributed by atoms with E-state index in [1.165, 1.54) is 0 Å². The van der Waals surface area contributed by atoms with Crippen LogP contribution in [0.5, 0.6) is 11.5 Å². The first kappa shape index (κ1) is 21.5. The molecule has 0 amide bonds. The molecule has 2 heterocycles. The van der Waals surface area contributed by atoms with Gasteiger partial charge in [0.25, 0.3) is 0 Å². The van der Waals surface area contributed by atoms with Crippen molar-refractivity contribution in [2.75, 3.05) is 13.1 Å². The van der Waals surface area contributed by atoms with E-state index in [1.54, 1.807) is 6.07 Å². The van der Waals surface area contributed by atoms with Crippen molar-refractivity contribution in [3.05, 3.63) is 88.2 Å². The van der Waals surface area contributed by atoms with Crippen LogP contribution in [0.3, 0.4) is 0 Å². The first-order chi connectivity index (χ1) is 15.0. The van der Waals surface area contributed by atoms with Crippen molar-refractivity contribution in [2.45, 2.75) is 38.6 Å². The van der Waals surface area contributed by atoms with Crippen LogP contribution in [0.1, 0.15) is 59.3 Å². The fourth-order valence-electron chi connectivity index (χ4n) is 4.27. The summed E-state index contributed by atoms with van der Waals surface area (Å²) in [5.41, 5.74) is 3.91. The van der Waals surface area contributed by atoms with Crippen LogP contribution in [0.25, 0.3) is 0 Å². The van der Waals surface area contributed by atoms with Gasteiger partial charge in [0.15, 0.2) is 0 Å². The van der Waals surface area contributed by atoms with Crippen molar-refractivity contribution >= 4 is 17.9 Å². The number of carbonyl (C=O) groups excluding carboxylic acids is 1. The third kappa shape index (κ3) is 5.15. The molecule has 31 heavy (non-hydrogen) atoms. The van der Waals surface area contributed by atoms with Crippen molar-refractivity contribution in [2.24, 2.45) is 0 Å². The Hall–Kier alpha value is -2.69. The molecule has 0 radical (unpaired) electrons. The summed E-state index contributed by atoms with van der Waals surface area (Å²) in [6, 6.07) is 19.6. The molecule has 1 aliphatic rings. The molecule has 2 aromatic carbocycles. The van der Waals surface area contributed by atoms with Crippen LogP contribution >= 0.6 is 11.6 Å². The number of aldehydes is 1. The van der Waals surface area contributed by atoms with Crippen LogP contribution < -0.4 is 4.74 Å². The van der Waals surface area contributed by atoms with Crippen LogP contribution in [0.2, 0.25) is 5.15 Å². The first-order valence-corrected chi connectivity index (χ1v) is 11.1. The predicted octanol–water partition coefficient (Wildman–Crippen LogP) is 6.45. The maximum absolute atomic E-state index is 11.9. The Balaban J connectivity index is 1.48. The second kappa shape index (κ2) is 9.63. The van der Waals surface area contributed by atoms with E-state index in [9.17, 15) is 4.79 Å². The van der Waals surface area contributed by atoms with Gasteiger partial charge in [0.2, 0.25) is 0 Å². The van der Waals surface area contributed by atoms with Gasteiger partial charge in [0, 0.05) is 18.7 Å². The van der Waals surface area contributed by atoms with Crippen LogP contribution in [0.15, 0.2) is 60.7 Å². The maximum Gasteiger partial charge on any atom is 0.150 e. The molecule has 0 N–H and O–H groups in total. The van der Waals surface area contributed by atoms with E-state index < -0.39 is 0 Å². The molecule has 0 spiro atoms. The quantitative estimate of drug-likeness (QED) is 0.316. The molecule has 160 valence electrons. The van der Waals surface area contributed by atoms with Gasteiger partial charge in [0.05, 0.1) is 5.69 Å². The summed E-state index contributed by atoms with van der Waals surface area (Å²) >= 11 is 6.01. The zero-order valence-electron chi connectivity index (χ0n) is 17.9. The third-order valence-electron chi connectivity index (χ3n) is 5.82. The Kier molecular flexibility index (Phi) is 6.69. The number of benzene rings is 2. The summed E-state index contributed by atoms with van der Waals surface area (Å²) in [5.74, 6) is 2.20. The Labute approximate surface area is 188 Å². The van der Waals surface area contributed by atoms with Gasteiger partial charge in [-0.1, -0.05) is 55.8 Å². The Morgan fingerprint density at radius 3 is 2.77 bits per heavy atom. The molecule has 1 fully saturated rings. The summed E-state index contributed by atoms with van der Waals surface area (Å²) in [4.78, 5) is 18.6. The number of hydrogen-bond acceptors (Lipinski definition) is 4. The lowest BCUT2D eigenvalue weighted by Gasteiger charge is -2.18. The summed E-state index contributed by atoms with van der Waals surface area (Å²) < 4.78 is 6.15. The van der Waals surface area contributed by atoms with Gasteiger partial charge < -0.3 is 4.74 Å². The Morgan fingerprint density at radius 1 is 1.16 bits per heavy atom. The molecule has 1 saturated heterocycles. The molecular weight excluding hydrogens is 408 g/mol. The fourth-order valence-corrected chi connectivity index (χ4v) is 4.45. The molecule has 3 aromatic rings. The van der Waals surface area contributed by atoms with Crippen LogP contribution in [-0.4, -0.2) is 29.3 Å². The van der Waals surface area contributed by atoms with E-state index in [1.807, 2.05) is 48.5 Å². The number of nitrogens with zero attached hydrogens (tertiary/aromatic N) is 2. The number of para-hydroxylation sites is 1. The van der Waals surface area contributed by atoms with Gasteiger partial charge in [-0.2, -0.15) is 0 Å². The molecule has 5 heteroatoms. The molecule has 1 atom stereocenters. The van der Waals surface area contributed by atoms with Crippen molar-refractivity contribution in [3.8, 4) is 11.5 Å². The van der Waals surface area contributed by atoms with E-state index in [2.05, 4.69) is 29.8 Å². The molecule has 1 unspecified atom stereocenters. The number of aromatic nitrogens is 1. The minimum atomic E-state index is 0.316. The monoisotopic (exact) mass is 434 g/mol. The number of hydrogen-bond donors (Lipinski definition) is 0. The highest BCUT2D eigenvalue weighted by molar-refractivity contribution is 6.29. The summed E-state index contributed by atoms with van der Waals surface area (Å²) in [6.45, 7) is 6.92.